The molecule has 4 nitrogen and oxygen atoms in total. The first-order valence-electron chi connectivity index (χ1n) is 9.97. The Morgan fingerprint density at radius 2 is 1.83 bits per heavy atom. The van der Waals surface area contributed by atoms with Gasteiger partial charge >= 0.3 is 0 Å². The third-order valence-electron chi connectivity index (χ3n) is 5.71. The molecule has 29 heavy (non-hydrogen) atoms. The number of hydrogen-bond donors (Lipinski definition) is 0. The molecule has 0 aliphatic carbocycles. The van der Waals surface area contributed by atoms with Crippen LogP contribution in [0.4, 0.5) is 4.39 Å². The third kappa shape index (κ3) is 3.32. The van der Waals surface area contributed by atoms with E-state index < -0.39 is 0 Å². The maximum atomic E-state index is 13.8. The molecule has 0 atom stereocenters. The predicted octanol–water partition coefficient (Wildman–Crippen LogP) is 5.56. The molecule has 146 valence electrons. The summed E-state index contributed by atoms with van der Waals surface area (Å²) in [6.45, 7) is 3.36. The lowest BCUT2D eigenvalue weighted by Crippen LogP contribution is -2.18. The summed E-state index contributed by atoms with van der Waals surface area (Å²) in [4.78, 5) is 9.21. The Morgan fingerprint density at radius 1 is 1.00 bits per heavy atom. The zero-order chi connectivity index (χ0) is 19.8. The van der Waals surface area contributed by atoms with E-state index in [2.05, 4.69) is 38.8 Å². The van der Waals surface area contributed by atoms with Gasteiger partial charge in [0, 0.05) is 36.6 Å². The molecular weight excluding hydrogens is 365 g/mol. The van der Waals surface area contributed by atoms with E-state index in [0.29, 0.717) is 11.6 Å². The van der Waals surface area contributed by atoms with Crippen LogP contribution in [0.25, 0.3) is 33.4 Å². The Kier molecular flexibility index (Phi) is 4.60. The van der Waals surface area contributed by atoms with Crippen molar-refractivity contribution in [2.45, 2.75) is 25.8 Å². The van der Waals surface area contributed by atoms with Crippen LogP contribution in [0.15, 0.2) is 61.1 Å². The van der Waals surface area contributed by atoms with Crippen molar-refractivity contribution in [2.75, 3.05) is 13.2 Å². The zero-order valence-electron chi connectivity index (χ0n) is 16.3. The van der Waals surface area contributed by atoms with Gasteiger partial charge in [0.15, 0.2) is 0 Å². The van der Waals surface area contributed by atoms with Crippen LogP contribution >= 0.6 is 0 Å². The predicted molar refractivity (Wildman–Crippen MR) is 112 cm³/mol. The van der Waals surface area contributed by atoms with Crippen LogP contribution in [0.3, 0.4) is 0 Å². The molecule has 4 aromatic rings. The van der Waals surface area contributed by atoms with Gasteiger partial charge < -0.3 is 9.30 Å². The summed E-state index contributed by atoms with van der Waals surface area (Å²) in [5, 5.41) is 0. The Morgan fingerprint density at radius 3 is 2.66 bits per heavy atom. The van der Waals surface area contributed by atoms with Crippen molar-refractivity contribution >= 4 is 11.0 Å². The summed E-state index contributed by atoms with van der Waals surface area (Å²) >= 11 is 0. The molecule has 5 rings (SSSR count). The molecule has 0 unspecified atom stereocenters. The van der Waals surface area contributed by atoms with Crippen molar-refractivity contribution in [1.82, 2.24) is 14.5 Å². The van der Waals surface area contributed by atoms with E-state index in [9.17, 15) is 4.39 Å². The number of hydrogen-bond acceptors (Lipinski definition) is 3. The summed E-state index contributed by atoms with van der Waals surface area (Å²) in [6.07, 6.45) is 5.73. The molecule has 0 saturated carbocycles. The molecule has 2 aromatic heterocycles. The van der Waals surface area contributed by atoms with Crippen LogP contribution in [-0.2, 0) is 4.74 Å². The second-order valence-corrected chi connectivity index (χ2v) is 7.56. The van der Waals surface area contributed by atoms with Crippen molar-refractivity contribution in [3.05, 3.63) is 72.4 Å². The summed E-state index contributed by atoms with van der Waals surface area (Å²) < 4.78 is 21.6. The number of ether oxygens (including phenoxy) is 1. The lowest BCUT2D eigenvalue weighted by Gasteiger charge is -2.24. The Bertz CT molecular complexity index is 1180. The summed E-state index contributed by atoms with van der Waals surface area (Å²) in [6, 6.07) is 15.9. The Labute approximate surface area is 169 Å². The third-order valence-corrected chi connectivity index (χ3v) is 5.71. The van der Waals surface area contributed by atoms with E-state index in [1.807, 2.05) is 18.5 Å². The van der Waals surface area contributed by atoms with Crippen molar-refractivity contribution < 1.29 is 9.13 Å². The minimum Gasteiger partial charge on any atom is -0.381 e. The number of imidazole rings is 1. The van der Waals surface area contributed by atoms with Gasteiger partial charge in [0.2, 0.25) is 0 Å². The van der Waals surface area contributed by atoms with Crippen LogP contribution in [-0.4, -0.2) is 27.7 Å². The molecule has 3 heterocycles. The van der Waals surface area contributed by atoms with Crippen molar-refractivity contribution in [1.29, 1.82) is 0 Å². The highest BCUT2D eigenvalue weighted by Gasteiger charge is 2.18. The fourth-order valence-electron chi connectivity index (χ4n) is 4.11. The van der Waals surface area contributed by atoms with Gasteiger partial charge in [-0.1, -0.05) is 12.1 Å². The second-order valence-electron chi connectivity index (χ2n) is 7.56. The fourth-order valence-corrected chi connectivity index (χ4v) is 4.11. The van der Waals surface area contributed by atoms with Gasteiger partial charge in [-0.15, -0.1) is 0 Å². The van der Waals surface area contributed by atoms with E-state index >= 15 is 0 Å². The van der Waals surface area contributed by atoms with Gasteiger partial charge in [0.25, 0.3) is 0 Å². The molecule has 1 saturated heterocycles. The molecule has 1 aliphatic rings. The molecule has 0 radical (unpaired) electrons. The minimum absolute atomic E-state index is 0.201. The highest BCUT2D eigenvalue weighted by atomic mass is 19.1. The van der Waals surface area contributed by atoms with Gasteiger partial charge in [-0.3, -0.25) is 4.98 Å². The monoisotopic (exact) mass is 387 g/mol. The quantitative estimate of drug-likeness (QED) is 0.462. The number of fused-ring (bicyclic) bond motifs is 1. The zero-order valence-corrected chi connectivity index (χ0v) is 16.3. The summed E-state index contributed by atoms with van der Waals surface area (Å²) in [7, 11) is 0. The maximum Gasteiger partial charge on any atom is 0.126 e. The summed E-state index contributed by atoms with van der Waals surface area (Å²) in [5.74, 6) is -0.201. The minimum atomic E-state index is -0.201. The molecule has 5 heteroatoms. The SMILES string of the molecule is Cc1cc(-c2ncccc2-c2ccc3ncn(C4CCOCC4)c3c2)ccc1F. The number of nitrogens with zero attached hydrogens (tertiary/aromatic N) is 3. The van der Waals surface area contributed by atoms with Crippen LogP contribution in [0.2, 0.25) is 0 Å². The van der Waals surface area contributed by atoms with E-state index in [1.165, 1.54) is 6.07 Å². The van der Waals surface area contributed by atoms with Crippen LogP contribution in [0, 0.1) is 12.7 Å². The van der Waals surface area contributed by atoms with Crippen molar-refractivity contribution in [3.63, 3.8) is 0 Å². The van der Waals surface area contributed by atoms with Crippen molar-refractivity contribution in [3.8, 4) is 22.4 Å². The number of aryl methyl sites for hydroxylation is 1. The first kappa shape index (κ1) is 18.0. The van der Waals surface area contributed by atoms with E-state index in [4.69, 9.17) is 4.74 Å². The van der Waals surface area contributed by atoms with Gasteiger partial charge in [-0.05, 0) is 67.3 Å². The average Bonchev–Trinajstić information content (AvgIpc) is 3.19. The maximum absolute atomic E-state index is 13.8. The number of halogens is 1. The normalized spacial score (nSPS) is 15.1. The molecule has 1 aliphatic heterocycles. The number of pyridine rings is 1. The molecule has 0 amide bonds. The lowest BCUT2D eigenvalue weighted by atomic mass is 9.98. The topological polar surface area (TPSA) is 39.9 Å². The van der Waals surface area contributed by atoms with Crippen LogP contribution in [0.5, 0.6) is 0 Å². The fraction of sp³-hybridized carbons (Fsp3) is 0.250. The van der Waals surface area contributed by atoms with E-state index in [1.54, 1.807) is 19.2 Å². The standard InChI is InChI=1S/C24H22FN3O/c1-16-13-18(4-6-21(16)25)24-20(3-2-10-26-24)17-5-7-22-23(14-17)28(15-27-22)19-8-11-29-12-9-19/h2-7,10,13-15,19H,8-9,11-12H2,1H3. The number of rotatable bonds is 3. The number of benzene rings is 2. The highest BCUT2D eigenvalue weighted by Crippen LogP contribution is 2.34. The first-order valence-corrected chi connectivity index (χ1v) is 9.97. The molecule has 0 bridgehead atoms. The smallest absolute Gasteiger partial charge is 0.126 e. The molecule has 0 spiro atoms. The first-order chi connectivity index (χ1) is 14.2. The molecule has 1 fully saturated rings. The second kappa shape index (κ2) is 7.41. The Balaban J connectivity index is 1.62. The van der Waals surface area contributed by atoms with E-state index in [0.717, 1.165) is 59.5 Å². The molecular formula is C24H22FN3O. The molecule has 2 aromatic carbocycles. The van der Waals surface area contributed by atoms with Crippen LogP contribution < -0.4 is 0 Å². The van der Waals surface area contributed by atoms with Gasteiger partial charge in [0.1, 0.15) is 5.82 Å². The van der Waals surface area contributed by atoms with Gasteiger partial charge in [-0.2, -0.15) is 0 Å². The largest absolute Gasteiger partial charge is 0.381 e. The van der Waals surface area contributed by atoms with Crippen LogP contribution in [0.1, 0.15) is 24.4 Å². The lowest BCUT2D eigenvalue weighted by molar-refractivity contribution is 0.0706. The average molecular weight is 387 g/mol. The Hall–Kier alpha value is -3.05. The number of aromatic nitrogens is 3. The highest BCUT2D eigenvalue weighted by molar-refractivity contribution is 5.87. The summed E-state index contributed by atoms with van der Waals surface area (Å²) in [5.41, 5.74) is 6.61. The molecule has 0 N–H and O–H groups in total. The van der Waals surface area contributed by atoms with Gasteiger partial charge in [0.05, 0.1) is 23.1 Å². The van der Waals surface area contributed by atoms with Gasteiger partial charge in [-0.25, -0.2) is 9.37 Å². The van der Waals surface area contributed by atoms with Crippen molar-refractivity contribution in [2.24, 2.45) is 0 Å². The van der Waals surface area contributed by atoms with E-state index in [-0.39, 0.29) is 5.82 Å².